The predicted molar refractivity (Wildman–Crippen MR) is 84.7 cm³/mol. The molecule has 1 aliphatic rings. The Morgan fingerprint density at radius 3 is 2.73 bits per heavy atom. The van der Waals surface area contributed by atoms with Crippen LogP contribution in [0.25, 0.3) is 0 Å². The topological polar surface area (TPSA) is 75.6 Å². The first-order valence-corrected chi connectivity index (χ1v) is 7.92. The third kappa shape index (κ3) is 3.27. The van der Waals surface area contributed by atoms with Crippen molar-refractivity contribution in [3.63, 3.8) is 0 Å². The van der Waals surface area contributed by atoms with Crippen LogP contribution in [0.5, 0.6) is 0 Å². The van der Waals surface area contributed by atoms with Crippen molar-refractivity contribution in [3.05, 3.63) is 45.6 Å². The SMILES string of the molecule is Cc1ccc(=O)n(C2CCC(NCc3cn[nH]c3C)CC2)n1. The number of nitrogens with zero attached hydrogens (tertiary/aromatic N) is 3. The molecule has 3 rings (SSSR count). The molecule has 6 heteroatoms. The predicted octanol–water partition coefficient (Wildman–Crippen LogP) is 1.86. The van der Waals surface area contributed by atoms with Gasteiger partial charge in [0.15, 0.2) is 0 Å². The summed E-state index contributed by atoms with van der Waals surface area (Å²) in [7, 11) is 0. The average Bonchev–Trinajstić information content (AvgIpc) is 2.93. The van der Waals surface area contributed by atoms with Gasteiger partial charge in [-0.15, -0.1) is 0 Å². The van der Waals surface area contributed by atoms with Crippen molar-refractivity contribution in [2.75, 3.05) is 0 Å². The molecule has 118 valence electrons. The van der Waals surface area contributed by atoms with Gasteiger partial charge in [-0.2, -0.15) is 10.2 Å². The van der Waals surface area contributed by atoms with Crippen LogP contribution in [0, 0.1) is 13.8 Å². The largest absolute Gasteiger partial charge is 0.310 e. The lowest BCUT2D eigenvalue weighted by Crippen LogP contribution is -2.36. The molecule has 2 aromatic rings. The van der Waals surface area contributed by atoms with Gasteiger partial charge in [0.25, 0.3) is 5.56 Å². The number of hydrogen-bond donors (Lipinski definition) is 2. The number of aromatic nitrogens is 4. The molecule has 0 spiro atoms. The lowest BCUT2D eigenvalue weighted by molar-refractivity contribution is 0.268. The van der Waals surface area contributed by atoms with Crippen molar-refractivity contribution in [1.29, 1.82) is 0 Å². The third-order valence-electron chi connectivity index (χ3n) is 4.52. The summed E-state index contributed by atoms with van der Waals surface area (Å²) in [6.45, 7) is 4.81. The molecule has 0 aliphatic heterocycles. The van der Waals surface area contributed by atoms with Crippen LogP contribution in [0.3, 0.4) is 0 Å². The van der Waals surface area contributed by atoms with Crippen LogP contribution in [-0.2, 0) is 6.54 Å². The van der Waals surface area contributed by atoms with E-state index in [0.717, 1.165) is 43.6 Å². The van der Waals surface area contributed by atoms with Gasteiger partial charge in [0.2, 0.25) is 0 Å². The fourth-order valence-electron chi connectivity index (χ4n) is 3.12. The first-order valence-electron chi connectivity index (χ1n) is 7.92. The first-order chi connectivity index (χ1) is 10.6. The fraction of sp³-hybridized carbons (Fsp3) is 0.562. The van der Waals surface area contributed by atoms with Crippen LogP contribution < -0.4 is 10.9 Å². The Kier molecular flexibility index (Phi) is 4.38. The molecule has 2 aromatic heterocycles. The molecule has 0 aromatic carbocycles. The molecule has 0 atom stereocenters. The van der Waals surface area contributed by atoms with Gasteiger partial charge in [0, 0.05) is 29.9 Å². The molecular weight excluding hydrogens is 278 g/mol. The second-order valence-electron chi connectivity index (χ2n) is 6.16. The monoisotopic (exact) mass is 301 g/mol. The maximum absolute atomic E-state index is 11.9. The fourth-order valence-corrected chi connectivity index (χ4v) is 3.12. The molecule has 0 saturated heterocycles. The smallest absolute Gasteiger partial charge is 0.267 e. The highest BCUT2D eigenvalue weighted by Crippen LogP contribution is 2.27. The zero-order chi connectivity index (χ0) is 15.5. The Bertz CT molecular complexity index is 682. The second kappa shape index (κ2) is 6.44. The first kappa shape index (κ1) is 15.0. The molecule has 0 amide bonds. The number of nitrogens with one attached hydrogen (secondary N) is 2. The molecule has 0 bridgehead atoms. The van der Waals surface area contributed by atoms with Gasteiger partial charge in [0.05, 0.1) is 17.9 Å². The van der Waals surface area contributed by atoms with Crippen molar-refractivity contribution >= 4 is 0 Å². The van der Waals surface area contributed by atoms with E-state index in [1.807, 2.05) is 20.0 Å². The van der Waals surface area contributed by atoms with Gasteiger partial charge in [-0.25, -0.2) is 4.68 Å². The van der Waals surface area contributed by atoms with Gasteiger partial charge in [-0.1, -0.05) is 0 Å². The van der Waals surface area contributed by atoms with Crippen molar-refractivity contribution in [2.45, 2.75) is 58.2 Å². The Hall–Kier alpha value is -1.95. The van der Waals surface area contributed by atoms with Gasteiger partial charge >= 0.3 is 0 Å². The van der Waals surface area contributed by atoms with Crippen LogP contribution in [0.1, 0.15) is 48.7 Å². The highest BCUT2D eigenvalue weighted by atomic mass is 16.1. The molecule has 0 radical (unpaired) electrons. The molecule has 1 fully saturated rings. The maximum atomic E-state index is 11.9. The van der Waals surface area contributed by atoms with Crippen molar-refractivity contribution in [2.24, 2.45) is 0 Å². The van der Waals surface area contributed by atoms with Crippen LogP contribution in [-0.4, -0.2) is 26.0 Å². The van der Waals surface area contributed by atoms with Crippen molar-refractivity contribution in [1.82, 2.24) is 25.3 Å². The van der Waals surface area contributed by atoms with Crippen LogP contribution in [0.15, 0.2) is 23.1 Å². The van der Waals surface area contributed by atoms with Crippen LogP contribution >= 0.6 is 0 Å². The number of rotatable bonds is 4. The normalized spacial score (nSPS) is 21.9. The zero-order valence-electron chi connectivity index (χ0n) is 13.2. The average molecular weight is 301 g/mol. The van der Waals surface area contributed by atoms with E-state index in [1.54, 1.807) is 16.8 Å². The maximum Gasteiger partial charge on any atom is 0.267 e. The molecule has 2 N–H and O–H groups in total. The van der Waals surface area contributed by atoms with Crippen LogP contribution in [0.2, 0.25) is 0 Å². The number of aryl methyl sites for hydroxylation is 2. The van der Waals surface area contributed by atoms with Gasteiger partial charge in [0.1, 0.15) is 0 Å². The Labute approximate surface area is 129 Å². The molecule has 22 heavy (non-hydrogen) atoms. The van der Waals surface area contributed by atoms with Gasteiger partial charge < -0.3 is 5.32 Å². The summed E-state index contributed by atoms with van der Waals surface area (Å²) in [4.78, 5) is 11.9. The summed E-state index contributed by atoms with van der Waals surface area (Å²) in [6.07, 6.45) is 6.02. The van der Waals surface area contributed by atoms with E-state index in [-0.39, 0.29) is 11.6 Å². The van der Waals surface area contributed by atoms with E-state index in [0.29, 0.717) is 6.04 Å². The Morgan fingerprint density at radius 2 is 2.05 bits per heavy atom. The van der Waals surface area contributed by atoms with Crippen molar-refractivity contribution < 1.29 is 0 Å². The van der Waals surface area contributed by atoms with Gasteiger partial charge in [-0.05, 0) is 45.6 Å². The summed E-state index contributed by atoms with van der Waals surface area (Å²) in [6, 6.07) is 4.14. The lowest BCUT2D eigenvalue weighted by Gasteiger charge is -2.29. The minimum atomic E-state index is 0.0102. The van der Waals surface area contributed by atoms with Crippen molar-refractivity contribution in [3.8, 4) is 0 Å². The zero-order valence-corrected chi connectivity index (χ0v) is 13.2. The van der Waals surface area contributed by atoms with E-state index < -0.39 is 0 Å². The molecule has 6 nitrogen and oxygen atoms in total. The summed E-state index contributed by atoms with van der Waals surface area (Å²) in [5, 5.41) is 15.0. The minimum absolute atomic E-state index is 0.0102. The Morgan fingerprint density at radius 1 is 1.27 bits per heavy atom. The highest BCUT2D eigenvalue weighted by Gasteiger charge is 2.23. The highest BCUT2D eigenvalue weighted by molar-refractivity contribution is 5.14. The molecule has 1 aliphatic carbocycles. The summed E-state index contributed by atoms with van der Waals surface area (Å²) in [5.41, 5.74) is 3.25. The summed E-state index contributed by atoms with van der Waals surface area (Å²) < 4.78 is 1.67. The quantitative estimate of drug-likeness (QED) is 0.904. The minimum Gasteiger partial charge on any atom is -0.310 e. The summed E-state index contributed by atoms with van der Waals surface area (Å²) in [5.74, 6) is 0. The van der Waals surface area contributed by atoms with E-state index in [4.69, 9.17) is 0 Å². The molecule has 0 unspecified atom stereocenters. The second-order valence-corrected chi connectivity index (χ2v) is 6.16. The third-order valence-corrected chi connectivity index (χ3v) is 4.52. The lowest BCUT2D eigenvalue weighted by atomic mass is 9.91. The number of aromatic amines is 1. The van der Waals surface area contributed by atoms with E-state index in [1.165, 1.54) is 5.56 Å². The molecular formula is C16H23N5O. The number of hydrogen-bond acceptors (Lipinski definition) is 4. The Balaban J connectivity index is 1.55. The van der Waals surface area contributed by atoms with Crippen LogP contribution in [0.4, 0.5) is 0 Å². The molecule has 1 saturated carbocycles. The van der Waals surface area contributed by atoms with Gasteiger partial charge in [-0.3, -0.25) is 9.89 Å². The van der Waals surface area contributed by atoms with E-state index in [9.17, 15) is 4.79 Å². The van der Waals surface area contributed by atoms with E-state index >= 15 is 0 Å². The molecule has 2 heterocycles. The number of H-pyrrole nitrogens is 1. The summed E-state index contributed by atoms with van der Waals surface area (Å²) >= 11 is 0. The standard InChI is InChI=1S/C16H23N5O/c1-11-3-8-16(22)21(20-11)15-6-4-14(5-7-15)17-9-13-10-18-19-12(13)2/h3,8,10,14-15,17H,4-7,9H2,1-2H3,(H,18,19). The van der Waals surface area contributed by atoms with E-state index in [2.05, 4.69) is 20.6 Å².